The molecule has 0 amide bonds. The number of hydrogen-bond donors (Lipinski definition) is 0. The summed E-state index contributed by atoms with van der Waals surface area (Å²) in [6.45, 7) is 2.88. The predicted molar refractivity (Wildman–Crippen MR) is 90.9 cm³/mol. The molecule has 1 heterocycles. The number of hydrogen-bond acceptors (Lipinski definition) is 3. The highest BCUT2D eigenvalue weighted by Crippen LogP contribution is 2.17. The van der Waals surface area contributed by atoms with Crippen LogP contribution in [0.4, 0.5) is 0 Å². The Morgan fingerprint density at radius 3 is 2.65 bits per heavy atom. The van der Waals surface area contributed by atoms with E-state index in [0.717, 1.165) is 23.2 Å². The third-order valence-corrected chi connectivity index (χ3v) is 3.79. The minimum Gasteiger partial charge on any atom is -0.494 e. The smallest absolute Gasteiger partial charge is 0.263 e. The van der Waals surface area contributed by atoms with Crippen molar-refractivity contribution in [2.75, 3.05) is 6.61 Å². The largest absolute Gasteiger partial charge is 0.494 e. The lowest BCUT2D eigenvalue weighted by Gasteiger charge is -2.07. The van der Waals surface area contributed by atoms with Crippen molar-refractivity contribution in [2.45, 2.75) is 26.2 Å². The summed E-state index contributed by atoms with van der Waals surface area (Å²) in [6.07, 6.45) is 4.97. The number of rotatable bonds is 6. The van der Waals surface area contributed by atoms with Crippen molar-refractivity contribution < 1.29 is 9.53 Å². The summed E-state index contributed by atoms with van der Waals surface area (Å²) in [7, 11) is 0. The zero-order valence-corrected chi connectivity index (χ0v) is 13.2. The molecule has 0 fully saturated rings. The molecule has 0 N–H and O–H groups in total. The van der Waals surface area contributed by atoms with Gasteiger partial charge in [0.1, 0.15) is 12.1 Å². The van der Waals surface area contributed by atoms with Gasteiger partial charge in [0.15, 0.2) is 0 Å². The van der Waals surface area contributed by atoms with Crippen LogP contribution in [0.5, 0.6) is 5.75 Å². The second-order valence-corrected chi connectivity index (χ2v) is 5.49. The van der Waals surface area contributed by atoms with Gasteiger partial charge in [0.25, 0.3) is 5.91 Å². The molecular weight excluding hydrogens is 288 g/mol. The van der Waals surface area contributed by atoms with Gasteiger partial charge >= 0.3 is 0 Å². The molecule has 3 rings (SSSR count). The van der Waals surface area contributed by atoms with E-state index in [9.17, 15) is 4.79 Å². The Bertz CT molecular complexity index is 790. The molecule has 0 aliphatic rings. The summed E-state index contributed by atoms with van der Waals surface area (Å²) >= 11 is 0. The van der Waals surface area contributed by atoms with E-state index in [1.165, 1.54) is 12.8 Å². The first-order valence-electron chi connectivity index (χ1n) is 7.99. The molecule has 0 bridgehead atoms. The highest BCUT2D eigenvalue weighted by molar-refractivity contribution is 6.01. The Morgan fingerprint density at radius 1 is 1.09 bits per heavy atom. The number of fused-ring (bicyclic) bond motifs is 1. The minimum absolute atomic E-state index is 0.0868. The van der Waals surface area contributed by atoms with Crippen molar-refractivity contribution in [3.63, 3.8) is 0 Å². The van der Waals surface area contributed by atoms with Crippen LogP contribution in [0.15, 0.2) is 54.9 Å². The average Bonchev–Trinajstić information content (AvgIpc) is 3.03. The molecule has 1 aromatic heterocycles. The Kier molecular flexibility index (Phi) is 4.71. The van der Waals surface area contributed by atoms with Crippen LogP contribution in [0.1, 0.15) is 36.5 Å². The molecule has 0 radical (unpaired) electrons. The van der Waals surface area contributed by atoms with E-state index in [1.54, 1.807) is 23.0 Å². The molecule has 0 aliphatic heterocycles. The number of imidazole rings is 1. The molecule has 23 heavy (non-hydrogen) atoms. The fourth-order valence-electron chi connectivity index (χ4n) is 2.50. The molecule has 4 nitrogen and oxygen atoms in total. The van der Waals surface area contributed by atoms with Crippen LogP contribution in [0.25, 0.3) is 11.0 Å². The molecule has 0 saturated carbocycles. The van der Waals surface area contributed by atoms with Crippen LogP contribution in [-0.4, -0.2) is 22.1 Å². The topological polar surface area (TPSA) is 44.1 Å². The van der Waals surface area contributed by atoms with Gasteiger partial charge in [0.2, 0.25) is 0 Å². The van der Waals surface area contributed by atoms with Gasteiger partial charge in [-0.1, -0.05) is 31.9 Å². The monoisotopic (exact) mass is 308 g/mol. The zero-order valence-electron chi connectivity index (χ0n) is 13.2. The Balaban J connectivity index is 1.73. The summed E-state index contributed by atoms with van der Waals surface area (Å²) in [6, 6.07) is 14.9. The van der Waals surface area contributed by atoms with Crippen LogP contribution >= 0.6 is 0 Å². The number of carbonyl (C=O) groups is 1. The first kappa shape index (κ1) is 15.3. The van der Waals surface area contributed by atoms with Crippen LogP contribution in [0.3, 0.4) is 0 Å². The standard InChI is InChI=1S/C19H20N2O2/c1-2-3-6-13-23-16-11-9-15(10-12-16)19(22)21-14-20-17-7-4-5-8-18(17)21/h4-5,7-12,14H,2-3,6,13H2,1H3. The van der Waals surface area contributed by atoms with E-state index in [-0.39, 0.29) is 5.91 Å². The van der Waals surface area contributed by atoms with Crippen LogP contribution in [0.2, 0.25) is 0 Å². The highest BCUT2D eigenvalue weighted by Gasteiger charge is 2.12. The number of carbonyl (C=O) groups excluding carboxylic acids is 1. The fourth-order valence-corrected chi connectivity index (χ4v) is 2.50. The lowest BCUT2D eigenvalue weighted by Crippen LogP contribution is -2.10. The van der Waals surface area contributed by atoms with Crippen LogP contribution in [-0.2, 0) is 0 Å². The molecule has 0 aliphatic carbocycles. The molecule has 3 aromatic rings. The minimum atomic E-state index is -0.0868. The third kappa shape index (κ3) is 3.42. The predicted octanol–water partition coefficient (Wildman–Crippen LogP) is 4.29. The maximum Gasteiger partial charge on any atom is 0.263 e. The molecule has 0 spiro atoms. The SMILES string of the molecule is CCCCCOc1ccc(C(=O)n2cnc3ccccc32)cc1. The Labute approximate surface area is 135 Å². The van der Waals surface area contributed by atoms with Gasteiger partial charge in [-0.25, -0.2) is 4.98 Å². The van der Waals surface area contributed by atoms with E-state index in [0.29, 0.717) is 12.2 Å². The van der Waals surface area contributed by atoms with E-state index in [2.05, 4.69) is 11.9 Å². The summed E-state index contributed by atoms with van der Waals surface area (Å²) < 4.78 is 7.25. The summed E-state index contributed by atoms with van der Waals surface area (Å²) in [5.74, 6) is 0.712. The van der Waals surface area contributed by atoms with Gasteiger partial charge in [-0.15, -0.1) is 0 Å². The van der Waals surface area contributed by atoms with Gasteiger partial charge in [0, 0.05) is 5.56 Å². The van der Waals surface area contributed by atoms with E-state index in [1.807, 2.05) is 36.4 Å². The van der Waals surface area contributed by atoms with Crippen molar-refractivity contribution in [2.24, 2.45) is 0 Å². The lowest BCUT2D eigenvalue weighted by atomic mass is 10.2. The van der Waals surface area contributed by atoms with E-state index >= 15 is 0 Å². The Morgan fingerprint density at radius 2 is 1.87 bits per heavy atom. The van der Waals surface area contributed by atoms with Gasteiger partial charge in [-0.05, 0) is 42.8 Å². The number of benzene rings is 2. The summed E-state index contributed by atoms with van der Waals surface area (Å²) in [4.78, 5) is 16.9. The fraction of sp³-hybridized carbons (Fsp3) is 0.263. The number of aromatic nitrogens is 2. The van der Waals surface area contributed by atoms with Crippen molar-refractivity contribution in [3.05, 3.63) is 60.4 Å². The first-order chi connectivity index (χ1) is 11.3. The molecule has 4 heteroatoms. The lowest BCUT2D eigenvalue weighted by molar-refractivity contribution is 0.0964. The van der Waals surface area contributed by atoms with E-state index < -0.39 is 0 Å². The van der Waals surface area contributed by atoms with Gasteiger partial charge in [-0.3, -0.25) is 9.36 Å². The summed E-state index contributed by atoms with van der Waals surface area (Å²) in [5, 5.41) is 0. The number of unbranched alkanes of at least 4 members (excludes halogenated alkanes) is 2. The maximum absolute atomic E-state index is 12.6. The second kappa shape index (κ2) is 7.09. The Hall–Kier alpha value is -2.62. The number of ether oxygens (including phenoxy) is 1. The van der Waals surface area contributed by atoms with Crippen molar-refractivity contribution in [3.8, 4) is 5.75 Å². The van der Waals surface area contributed by atoms with Crippen molar-refractivity contribution >= 4 is 16.9 Å². The van der Waals surface area contributed by atoms with Crippen molar-refractivity contribution in [1.29, 1.82) is 0 Å². The van der Waals surface area contributed by atoms with Crippen LogP contribution in [0, 0.1) is 0 Å². The summed E-state index contributed by atoms with van der Waals surface area (Å²) in [5.41, 5.74) is 2.25. The second-order valence-electron chi connectivity index (χ2n) is 5.49. The van der Waals surface area contributed by atoms with Crippen LogP contribution < -0.4 is 4.74 Å². The zero-order chi connectivity index (χ0) is 16.1. The molecule has 2 aromatic carbocycles. The number of para-hydroxylation sites is 2. The van der Waals surface area contributed by atoms with Gasteiger partial charge in [-0.2, -0.15) is 0 Å². The van der Waals surface area contributed by atoms with Gasteiger partial charge in [0.05, 0.1) is 17.6 Å². The maximum atomic E-state index is 12.6. The molecule has 0 unspecified atom stereocenters. The quantitative estimate of drug-likeness (QED) is 0.638. The highest BCUT2D eigenvalue weighted by atomic mass is 16.5. The van der Waals surface area contributed by atoms with Crippen molar-refractivity contribution in [1.82, 2.24) is 9.55 Å². The molecular formula is C19H20N2O2. The number of nitrogens with zero attached hydrogens (tertiary/aromatic N) is 2. The molecule has 0 atom stereocenters. The normalized spacial score (nSPS) is 10.8. The third-order valence-electron chi connectivity index (χ3n) is 3.79. The molecule has 118 valence electrons. The molecule has 0 saturated heterocycles. The van der Waals surface area contributed by atoms with Gasteiger partial charge < -0.3 is 4.74 Å². The average molecular weight is 308 g/mol. The van der Waals surface area contributed by atoms with E-state index in [4.69, 9.17) is 4.74 Å². The first-order valence-corrected chi connectivity index (χ1v) is 7.99.